The van der Waals surface area contributed by atoms with E-state index in [0.717, 1.165) is 22.8 Å². The first kappa shape index (κ1) is 20.7. The van der Waals surface area contributed by atoms with Gasteiger partial charge in [0.1, 0.15) is 0 Å². The van der Waals surface area contributed by atoms with Gasteiger partial charge in [-0.05, 0) is 68.2 Å². The van der Waals surface area contributed by atoms with Crippen LogP contribution in [0.2, 0.25) is 0 Å². The Labute approximate surface area is 196 Å². The Kier molecular flexibility index (Phi) is 5.28. The second-order valence-electron chi connectivity index (χ2n) is 9.14. The standard InChI is InChI=1S/C24H26N4O4S/c1-14(18-10-15-4-5-16(18)9-15)28-23(20-3-2-8-30-20)26-27-24(28)33-12-22(29)25-17-6-7-19-21(11-17)32-13-31-19/h2-3,6-8,11,14-16,18H,4-5,9-10,12-13H2,1H3,(H,25,29)/t14-,15+,16-,18+/m0/s1. The van der Waals surface area contributed by atoms with Gasteiger partial charge in [0.15, 0.2) is 22.4 Å². The van der Waals surface area contributed by atoms with Crippen molar-refractivity contribution in [3.05, 3.63) is 36.6 Å². The molecule has 0 spiro atoms. The number of ether oxygens (including phenoxy) is 2. The Morgan fingerprint density at radius 3 is 2.91 bits per heavy atom. The van der Waals surface area contributed by atoms with Gasteiger partial charge < -0.3 is 19.2 Å². The number of carbonyl (C=O) groups is 1. The van der Waals surface area contributed by atoms with E-state index in [1.807, 2.05) is 18.2 Å². The molecule has 3 heterocycles. The van der Waals surface area contributed by atoms with Crippen LogP contribution >= 0.6 is 11.8 Å². The van der Waals surface area contributed by atoms with Crippen molar-refractivity contribution in [3.63, 3.8) is 0 Å². The van der Waals surface area contributed by atoms with Gasteiger partial charge in [0, 0.05) is 17.8 Å². The van der Waals surface area contributed by atoms with E-state index in [9.17, 15) is 4.79 Å². The van der Waals surface area contributed by atoms with Crippen molar-refractivity contribution >= 4 is 23.4 Å². The first-order valence-corrected chi connectivity index (χ1v) is 12.5. The van der Waals surface area contributed by atoms with E-state index in [1.165, 1.54) is 37.4 Å². The lowest BCUT2D eigenvalue weighted by molar-refractivity contribution is -0.113. The number of anilines is 1. The molecule has 172 valence electrons. The molecule has 1 aliphatic heterocycles. The number of amides is 1. The largest absolute Gasteiger partial charge is 0.461 e. The highest BCUT2D eigenvalue weighted by Crippen LogP contribution is 2.53. The van der Waals surface area contributed by atoms with E-state index >= 15 is 0 Å². The third-order valence-electron chi connectivity index (χ3n) is 7.21. The van der Waals surface area contributed by atoms with Crippen LogP contribution in [0.15, 0.2) is 46.2 Å². The zero-order valence-electron chi connectivity index (χ0n) is 18.4. The predicted molar refractivity (Wildman–Crippen MR) is 123 cm³/mol. The third kappa shape index (κ3) is 3.88. The Morgan fingerprint density at radius 2 is 2.12 bits per heavy atom. The van der Waals surface area contributed by atoms with Crippen LogP contribution in [0.4, 0.5) is 5.69 Å². The van der Waals surface area contributed by atoms with Crippen molar-refractivity contribution in [1.82, 2.24) is 14.8 Å². The molecule has 4 atom stereocenters. The summed E-state index contributed by atoms with van der Waals surface area (Å²) in [7, 11) is 0. The summed E-state index contributed by atoms with van der Waals surface area (Å²) < 4.78 is 18.6. The molecule has 1 N–H and O–H groups in total. The van der Waals surface area contributed by atoms with E-state index in [-0.39, 0.29) is 24.5 Å². The summed E-state index contributed by atoms with van der Waals surface area (Å²) in [6.07, 6.45) is 6.94. The van der Waals surface area contributed by atoms with E-state index in [0.29, 0.717) is 28.9 Å². The van der Waals surface area contributed by atoms with Crippen LogP contribution in [-0.4, -0.2) is 33.2 Å². The highest BCUT2D eigenvalue weighted by atomic mass is 32.2. The SMILES string of the molecule is C[C@@H]([C@H]1C[C@@H]2CC[C@H]1C2)n1c(SCC(=O)Nc2ccc3c(c2)OCO3)nnc1-c1ccco1. The van der Waals surface area contributed by atoms with Crippen LogP contribution in [0.5, 0.6) is 11.5 Å². The number of hydrogen-bond donors (Lipinski definition) is 1. The summed E-state index contributed by atoms with van der Waals surface area (Å²) in [6.45, 7) is 2.47. The Morgan fingerprint density at radius 1 is 1.21 bits per heavy atom. The monoisotopic (exact) mass is 466 g/mol. The first-order chi connectivity index (χ1) is 16.2. The topological polar surface area (TPSA) is 91.4 Å². The van der Waals surface area contributed by atoms with Gasteiger partial charge in [-0.2, -0.15) is 0 Å². The number of thioether (sulfide) groups is 1. The normalized spacial score (nSPS) is 23.7. The maximum Gasteiger partial charge on any atom is 0.234 e. The summed E-state index contributed by atoms with van der Waals surface area (Å²) in [5.74, 6) is 5.12. The van der Waals surface area contributed by atoms with Gasteiger partial charge in [0.25, 0.3) is 0 Å². The van der Waals surface area contributed by atoms with Crippen LogP contribution in [-0.2, 0) is 4.79 Å². The number of nitrogens with one attached hydrogen (secondary N) is 1. The van der Waals surface area contributed by atoms with E-state index in [4.69, 9.17) is 13.9 Å². The summed E-state index contributed by atoms with van der Waals surface area (Å²) in [5.41, 5.74) is 0.679. The molecule has 2 aliphatic carbocycles. The van der Waals surface area contributed by atoms with Crippen molar-refractivity contribution in [2.45, 2.75) is 43.8 Å². The number of hydrogen-bond acceptors (Lipinski definition) is 7. The molecular weight excluding hydrogens is 440 g/mol. The number of aromatic nitrogens is 3. The number of nitrogens with zero attached hydrogens (tertiary/aromatic N) is 3. The van der Waals surface area contributed by atoms with Crippen molar-refractivity contribution in [1.29, 1.82) is 0 Å². The van der Waals surface area contributed by atoms with Gasteiger partial charge in [-0.3, -0.25) is 9.36 Å². The van der Waals surface area contributed by atoms with Gasteiger partial charge >= 0.3 is 0 Å². The minimum Gasteiger partial charge on any atom is -0.461 e. The average molecular weight is 467 g/mol. The minimum atomic E-state index is -0.111. The Hall–Kier alpha value is -2.94. The molecule has 0 saturated heterocycles. The fourth-order valence-corrected chi connectivity index (χ4v) is 6.52. The molecule has 0 unspecified atom stereocenters. The van der Waals surface area contributed by atoms with Gasteiger partial charge in [0.2, 0.25) is 18.5 Å². The number of fused-ring (bicyclic) bond motifs is 3. The lowest BCUT2D eigenvalue weighted by Crippen LogP contribution is -2.23. The third-order valence-corrected chi connectivity index (χ3v) is 8.16. The molecule has 2 bridgehead atoms. The second-order valence-corrected chi connectivity index (χ2v) is 10.1. The number of carbonyl (C=O) groups excluding carboxylic acids is 1. The summed E-state index contributed by atoms with van der Waals surface area (Å²) in [5, 5.41) is 12.6. The minimum absolute atomic E-state index is 0.111. The average Bonchev–Trinajstić information content (AvgIpc) is 3.64. The molecule has 6 rings (SSSR count). The second kappa shape index (κ2) is 8.44. The molecule has 1 aromatic carbocycles. The zero-order valence-corrected chi connectivity index (χ0v) is 19.2. The molecule has 1 amide bonds. The summed E-state index contributed by atoms with van der Waals surface area (Å²) >= 11 is 1.40. The van der Waals surface area contributed by atoms with Crippen molar-refractivity contribution < 1.29 is 18.7 Å². The maximum atomic E-state index is 12.7. The first-order valence-electron chi connectivity index (χ1n) is 11.5. The molecule has 0 radical (unpaired) electrons. The van der Waals surface area contributed by atoms with Gasteiger partial charge in [-0.1, -0.05) is 18.2 Å². The number of rotatable bonds is 7. The van der Waals surface area contributed by atoms with Crippen molar-refractivity contribution in [2.75, 3.05) is 17.9 Å². The molecule has 2 fully saturated rings. The Bertz CT molecular complexity index is 1160. The van der Waals surface area contributed by atoms with Crippen molar-refractivity contribution in [2.24, 2.45) is 17.8 Å². The van der Waals surface area contributed by atoms with Crippen LogP contribution in [0.1, 0.15) is 38.6 Å². The smallest absolute Gasteiger partial charge is 0.234 e. The van der Waals surface area contributed by atoms with E-state index in [1.54, 1.807) is 18.4 Å². The molecule has 2 aromatic heterocycles. The summed E-state index contributed by atoms with van der Waals surface area (Å²) in [6, 6.07) is 9.41. The fraction of sp³-hybridized carbons (Fsp3) is 0.458. The van der Waals surface area contributed by atoms with Crippen molar-refractivity contribution in [3.8, 4) is 23.1 Å². The number of benzene rings is 1. The van der Waals surface area contributed by atoms with Crippen LogP contribution in [0, 0.1) is 17.8 Å². The molecule has 33 heavy (non-hydrogen) atoms. The molecular formula is C24H26N4O4S. The Balaban J connectivity index is 1.19. The lowest BCUT2D eigenvalue weighted by Gasteiger charge is -2.30. The van der Waals surface area contributed by atoms with Gasteiger partial charge in [-0.15, -0.1) is 10.2 Å². The molecule has 9 heteroatoms. The lowest BCUT2D eigenvalue weighted by atomic mass is 9.84. The van der Waals surface area contributed by atoms with Gasteiger partial charge in [0.05, 0.1) is 12.0 Å². The summed E-state index contributed by atoms with van der Waals surface area (Å²) in [4.78, 5) is 12.7. The molecule has 3 aromatic rings. The number of furan rings is 1. The zero-order chi connectivity index (χ0) is 22.4. The highest BCUT2D eigenvalue weighted by molar-refractivity contribution is 7.99. The highest BCUT2D eigenvalue weighted by Gasteiger charge is 2.43. The molecule has 3 aliphatic rings. The van der Waals surface area contributed by atoms with E-state index < -0.39 is 0 Å². The van der Waals surface area contributed by atoms with Crippen LogP contribution in [0.25, 0.3) is 11.6 Å². The predicted octanol–water partition coefficient (Wildman–Crippen LogP) is 4.99. The van der Waals surface area contributed by atoms with Gasteiger partial charge in [-0.25, -0.2) is 0 Å². The van der Waals surface area contributed by atoms with Crippen LogP contribution < -0.4 is 14.8 Å². The maximum absolute atomic E-state index is 12.7. The quantitative estimate of drug-likeness (QED) is 0.490. The van der Waals surface area contributed by atoms with Crippen LogP contribution in [0.3, 0.4) is 0 Å². The molecule has 2 saturated carbocycles. The van der Waals surface area contributed by atoms with E-state index in [2.05, 4.69) is 27.0 Å². The molecule has 8 nitrogen and oxygen atoms in total. The fourth-order valence-electron chi connectivity index (χ4n) is 5.69.